The minimum atomic E-state index is -0.0801. The van der Waals surface area contributed by atoms with Crippen molar-refractivity contribution in [3.63, 3.8) is 0 Å². The van der Waals surface area contributed by atoms with E-state index >= 15 is 0 Å². The second kappa shape index (κ2) is 8.79. The summed E-state index contributed by atoms with van der Waals surface area (Å²) in [6.07, 6.45) is 4.32. The fourth-order valence-electron chi connectivity index (χ4n) is 2.83. The molecule has 2 N–H and O–H groups in total. The van der Waals surface area contributed by atoms with Gasteiger partial charge in [0.2, 0.25) is 11.9 Å². The molecule has 0 fully saturated rings. The number of aromatic nitrogens is 4. The summed E-state index contributed by atoms with van der Waals surface area (Å²) in [7, 11) is 0. The standard InChI is InChI=1S/C22H20N6O/c29-21(12-11-17-7-3-1-4-8-17)26-20-15-19(13-14-23-20)28-16-24-22(27-28)25-18-9-5-2-6-10-18/h1-10,13-16H,11-12H2,(H,25,27)(H,23,26,29). The van der Waals surface area contributed by atoms with Gasteiger partial charge >= 0.3 is 0 Å². The number of pyridine rings is 1. The Balaban J connectivity index is 1.39. The lowest BCUT2D eigenvalue weighted by Crippen LogP contribution is -2.13. The van der Waals surface area contributed by atoms with Crippen LogP contribution >= 0.6 is 0 Å². The number of amides is 1. The number of hydrogen-bond acceptors (Lipinski definition) is 5. The van der Waals surface area contributed by atoms with E-state index in [0.717, 1.165) is 16.9 Å². The van der Waals surface area contributed by atoms with Crippen molar-refractivity contribution in [1.29, 1.82) is 0 Å². The maximum atomic E-state index is 12.2. The van der Waals surface area contributed by atoms with E-state index in [1.165, 1.54) is 0 Å². The van der Waals surface area contributed by atoms with E-state index in [-0.39, 0.29) is 5.91 Å². The summed E-state index contributed by atoms with van der Waals surface area (Å²) in [5.74, 6) is 0.888. The highest BCUT2D eigenvalue weighted by atomic mass is 16.1. The predicted molar refractivity (Wildman–Crippen MR) is 112 cm³/mol. The minimum Gasteiger partial charge on any atom is -0.323 e. The molecule has 4 rings (SSSR count). The van der Waals surface area contributed by atoms with Crippen LogP contribution in [0.2, 0.25) is 0 Å². The maximum Gasteiger partial charge on any atom is 0.246 e. The number of para-hydroxylation sites is 1. The van der Waals surface area contributed by atoms with E-state index in [0.29, 0.717) is 24.6 Å². The fourth-order valence-corrected chi connectivity index (χ4v) is 2.83. The van der Waals surface area contributed by atoms with Crippen molar-refractivity contribution in [2.45, 2.75) is 12.8 Å². The van der Waals surface area contributed by atoms with Crippen LogP contribution in [0, 0.1) is 0 Å². The minimum absolute atomic E-state index is 0.0801. The largest absolute Gasteiger partial charge is 0.323 e. The van der Waals surface area contributed by atoms with Gasteiger partial charge in [-0.3, -0.25) is 4.79 Å². The van der Waals surface area contributed by atoms with Gasteiger partial charge in [-0.1, -0.05) is 48.5 Å². The van der Waals surface area contributed by atoms with Crippen LogP contribution in [0.5, 0.6) is 0 Å². The molecule has 0 aliphatic heterocycles. The van der Waals surface area contributed by atoms with Crippen LogP contribution in [0.3, 0.4) is 0 Å². The molecule has 4 aromatic rings. The van der Waals surface area contributed by atoms with Gasteiger partial charge in [0.15, 0.2) is 0 Å². The Morgan fingerprint density at radius 3 is 2.48 bits per heavy atom. The van der Waals surface area contributed by atoms with Crippen molar-refractivity contribution in [3.05, 3.63) is 90.9 Å². The van der Waals surface area contributed by atoms with Crippen molar-refractivity contribution in [3.8, 4) is 5.69 Å². The van der Waals surface area contributed by atoms with Crippen molar-refractivity contribution >= 4 is 23.4 Å². The molecule has 0 atom stereocenters. The highest BCUT2D eigenvalue weighted by Crippen LogP contribution is 2.15. The molecule has 144 valence electrons. The first-order chi connectivity index (χ1) is 14.3. The Morgan fingerprint density at radius 2 is 1.69 bits per heavy atom. The number of carbonyl (C=O) groups excluding carboxylic acids is 1. The highest BCUT2D eigenvalue weighted by Gasteiger charge is 2.07. The molecule has 0 radical (unpaired) electrons. The lowest BCUT2D eigenvalue weighted by atomic mass is 10.1. The monoisotopic (exact) mass is 384 g/mol. The first kappa shape index (κ1) is 18.4. The average Bonchev–Trinajstić information content (AvgIpc) is 3.22. The van der Waals surface area contributed by atoms with Gasteiger partial charge in [-0.05, 0) is 30.2 Å². The summed E-state index contributed by atoms with van der Waals surface area (Å²) in [6.45, 7) is 0. The van der Waals surface area contributed by atoms with Crippen LogP contribution in [0.1, 0.15) is 12.0 Å². The van der Waals surface area contributed by atoms with E-state index < -0.39 is 0 Å². The quantitative estimate of drug-likeness (QED) is 0.503. The average molecular weight is 384 g/mol. The molecule has 2 heterocycles. The summed E-state index contributed by atoms with van der Waals surface area (Å²) in [6, 6.07) is 23.2. The number of nitrogens with zero attached hydrogens (tertiary/aromatic N) is 4. The van der Waals surface area contributed by atoms with Gasteiger partial charge < -0.3 is 10.6 Å². The normalized spacial score (nSPS) is 10.5. The number of anilines is 3. The van der Waals surface area contributed by atoms with Crippen molar-refractivity contribution in [2.75, 3.05) is 10.6 Å². The van der Waals surface area contributed by atoms with E-state index in [4.69, 9.17) is 0 Å². The molecule has 0 aliphatic carbocycles. The molecule has 0 aliphatic rings. The van der Waals surface area contributed by atoms with E-state index in [9.17, 15) is 4.79 Å². The Bertz CT molecular complexity index is 1080. The van der Waals surface area contributed by atoms with E-state index in [2.05, 4.69) is 25.7 Å². The zero-order chi connectivity index (χ0) is 19.9. The van der Waals surface area contributed by atoms with Gasteiger partial charge in [0.05, 0.1) is 5.69 Å². The predicted octanol–water partition coefficient (Wildman–Crippen LogP) is 3.98. The first-order valence-electron chi connectivity index (χ1n) is 9.30. The zero-order valence-corrected chi connectivity index (χ0v) is 15.7. The fraction of sp³-hybridized carbons (Fsp3) is 0.0909. The molecule has 0 saturated heterocycles. The second-order valence-electron chi connectivity index (χ2n) is 6.44. The lowest BCUT2D eigenvalue weighted by Gasteiger charge is -2.07. The van der Waals surface area contributed by atoms with Gasteiger partial charge in [-0.2, -0.15) is 4.98 Å². The lowest BCUT2D eigenvalue weighted by molar-refractivity contribution is -0.116. The van der Waals surface area contributed by atoms with Crippen LogP contribution in [0.15, 0.2) is 85.3 Å². The summed E-state index contributed by atoms with van der Waals surface area (Å²) in [4.78, 5) is 20.7. The molecule has 7 nitrogen and oxygen atoms in total. The van der Waals surface area contributed by atoms with Crippen molar-refractivity contribution in [1.82, 2.24) is 19.7 Å². The third-order valence-electron chi connectivity index (χ3n) is 4.28. The third-order valence-corrected chi connectivity index (χ3v) is 4.28. The molecule has 2 aromatic carbocycles. The Labute approximate surface area is 168 Å². The van der Waals surface area contributed by atoms with Crippen LogP contribution in [0.25, 0.3) is 5.69 Å². The molecule has 2 aromatic heterocycles. The Hall–Kier alpha value is -4.00. The van der Waals surface area contributed by atoms with Crippen molar-refractivity contribution in [2.24, 2.45) is 0 Å². The number of rotatable bonds is 7. The van der Waals surface area contributed by atoms with E-state index in [1.54, 1.807) is 29.3 Å². The molecule has 0 bridgehead atoms. The molecular weight excluding hydrogens is 364 g/mol. The van der Waals surface area contributed by atoms with E-state index in [1.807, 2.05) is 60.7 Å². The van der Waals surface area contributed by atoms with Crippen LogP contribution in [-0.2, 0) is 11.2 Å². The first-order valence-corrected chi connectivity index (χ1v) is 9.30. The Kier molecular flexibility index (Phi) is 5.57. The number of benzene rings is 2. The van der Waals surface area contributed by atoms with Gasteiger partial charge in [0.25, 0.3) is 0 Å². The molecule has 0 unspecified atom stereocenters. The van der Waals surface area contributed by atoms with Crippen molar-refractivity contribution < 1.29 is 4.79 Å². The highest BCUT2D eigenvalue weighted by molar-refractivity contribution is 5.90. The Morgan fingerprint density at radius 1 is 0.931 bits per heavy atom. The number of carbonyl (C=O) groups is 1. The number of hydrogen-bond donors (Lipinski definition) is 2. The van der Waals surface area contributed by atoms with Gasteiger partial charge in [-0.25, -0.2) is 9.67 Å². The zero-order valence-electron chi connectivity index (χ0n) is 15.7. The second-order valence-corrected chi connectivity index (χ2v) is 6.44. The third kappa shape index (κ3) is 5.04. The topological polar surface area (TPSA) is 84.7 Å². The molecule has 7 heteroatoms. The molecule has 29 heavy (non-hydrogen) atoms. The summed E-state index contributed by atoms with van der Waals surface area (Å²) < 4.78 is 1.63. The van der Waals surface area contributed by atoms with Gasteiger partial charge in [-0.15, -0.1) is 5.10 Å². The summed E-state index contributed by atoms with van der Waals surface area (Å²) >= 11 is 0. The van der Waals surface area contributed by atoms with Crippen LogP contribution in [0.4, 0.5) is 17.5 Å². The molecule has 0 spiro atoms. The SMILES string of the molecule is O=C(CCc1ccccc1)Nc1cc(-n2cnc(Nc3ccccc3)n2)ccn1. The van der Waals surface area contributed by atoms with Crippen LogP contribution in [-0.4, -0.2) is 25.7 Å². The molecular formula is C22H20N6O. The molecule has 1 amide bonds. The smallest absolute Gasteiger partial charge is 0.246 e. The summed E-state index contributed by atoms with van der Waals surface area (Å²) in [5.41, 5.74) is 2.80. The van der Waals surface area contributed by atoms with Gasteiger partial charge in [0.1, 0.15) is 12.1 Å². The number of aryl methyl sites for hydroxylation is 1. The maximum absolute atomic E-state index is 12.2. The molecule has 0 saturated carbocycles. The number of nitrogens with one attached hydrogen (secondary N) is 2. The van der Waals surface area contributed by atoms with Crippen LogP contribution < -0.4 is 10.6 Å². The summed E-state index contributed by atoms with van der Waals surface area (Å²) in [5, 5.41) is 10.4. The van der Waals surface area contributed by atoms with Gasteiger partial charge in [0, 0.05) is 24.4 Å².